The van der Waals surface area contributed by atoms with Gasteiger partial charge in [0.1, 0.15) is 0 Å². The van der Waals surface area contributed by atoms with Crippen molar-refractivity contribution in [3.8, 4) is 34.3 Å². The molecule has 8 rings (SSSR count). The van der Waals surface area contributed by atoms with Crippen molar-refractivity contribution in [2.75, 3.05) is 16.3 Å². The van der Waals surface area contributed by atoms with Crippen molar-refractivity contribution >= 4 is 33.7 Å². The molecule has 9 nitrogen and oxygen atoms in total. The number of aromatic nitrogens is 2. The quantitative estimate of drug-likeness (QED) is 0.102. The Balaban J connectivity index is 1.45. The van der Waals surface area contributed by atoms with Crippen LogP contribution in [0.3, 0.4) is 0 Å². The summed E-state index contributed by atoms with van der Waals surface area (Å²) in [5.74, 6) is 2.69. The first-order valence-corrected chi connectivity index (χ1v) is 21.1. The number of nitrogens with zero attached hydrogens (tertiary/aromatic N) is 4. The van der Waals surface area contributed by atoms with Crippen LogP contribution in [0.15, 0.2) is 122 Å². The Morgan fingerprint density at radius 1 is 0.667 bits per heavy atom. The first-order valence-electron chi connectivity index (χ1n) is 20.0. The number of benzene rings is 4. The molecule has 10 heteroatoms. The largest absolute Gasteiger partial charge is 0.453 e. The third kappa shape index (κ3) is 7.35. The summed E-state index contributed by atoms with van der Waals surface area (Å²) in [7, 11) is -3.45. The molecule has 2 aliphatic rings. The minimum atomic E-state index is -3.45. The Kier molecular flexibility index (Phi) is 11.2. The molecular weight excluding hydrogens is 733 g/mol. The number of para-hydroxylation sites is 5. The lowest BCUT2D eigenvalue weighted by Crippen LogP contribution is -2.50. The molecule has 0 amide bonds. The second-order valence-corrected chi connectivity index (χ2v) is 15.2. The fourth-order valence-electron chi connectivity index (χ4n) is 8.31. The minimum Gasteiger partial charge on any atom is -0.453 e. The van der Waals surface area contributed by atoms with Crippen LogP contribution in [0.1, 0.15) is 75.3 Å². The molecule has 0 saturated carbocycles. The van der Waals surface area contributed by atoms with Crippen LogP contribution in [0.25, 0.3) is 11.3 Å². The molecule has 57 heavy (non-hydrogen) atoms. The zero-order chi connectivity index (χ0) is 39.4. The van der Waals surface area contributed by atoms with Gasteiger partial charge in [0.15, 0.2) is 23.0 Å². The van der Waals surface area contributed by atoms with Crippen molar-refractivity contribution < 1.29 is 22.1 Å². The zero-order valence-corrected chi connectivity index (χ0v) is 33.6. The maximum atomic E-state index is 13.6. The lowest BCUT2D eigenvalue weighted by molar-refractivity contribution is 0.0724. The maximum Gasteiger partial charge on any atom is 0.259 e. The van der Waals surface area contributed by atoms with Gasteiger partial charge in [0, 0.05) is 30.9 Å². The number of unbranched alkanes of at least 4 members (excludes halogenated alkanes) is 1. The van der Waals surface area contributed by atoms with E-state index < -0.39 is 16.7 Å². The van der Waals surface area contributed by atoms with Crippen LogP contribution >= 0.6 is 0 Å². The van der Waals surface area contributed by atoms with Gasteiger partial charge in [-0.25, -0.2) is 12.6 Å². The lowest BCUT2D eigenvalue weighted by Gasteiger charge is -2.48. The van der Waals surface area contributed by atoms with Gasteiger partial charge in [-0.15, -0.1) is 0 Å². The predicted octanol–water partition coefficient (Wildman–Crippen LogP) is 11.4. The molecule has 6 aromatic rings. The van der Waals surface area contributed by atoms with E-state index >= 15 is 0 Å². The molecule has 1 atom stereocenters. The molecule has 0 N–H and O–H groups in total. The van der Waals surface area contributed by atoms with Gasteiger partial charge in [0.25, 0.3) is 11.0 Å². The highest BCUT2D eigenvalue weighted by atomic mass is 32.2. The van der Waals surface area contributed by atoms with Crippen molar-refractivity contribution in [1.82, 2.24) is 9.97 Å². The summed E-state index contributed by atoms with van der Waals surface area (Å²) in [6, 6.07) is 35.9. The Morgan fingerprint density at radius 3 is 2.09 bits per heavy atom. The van der Waals surface area contributed by atoms with E-state index in [1.165, 1.54) is 0 Å². The minimum absolute atomic E-state index is 0.172. The van der Waals surface area contributed by atoms with Crippen molar-refractivity contribution in [2.24, 2.45) is 0 Å². The van der Waals surface area contributed by atoms with E-state index in [9.17, 15) is 8.42 Å². The van der Waals surface area contributed by atoms with Gasteiger partial charge in [-0.1, -0.05) is 94.6 Å². The summed E-state index contributed by atoms with van der Waals surface area (Å²) in [4.78, 5) is 14.2. The summed E-state index contributed by atoms with van der Waals surface area (Å²) in [5.41, 5.74) is 6.58. The number of ether oxygens (including phenoxy) is 2. The van der Waals surface area contributed by atoms with Crippen molar-refractivity contribution in [3.63, 3.8) is 0 Å². The van der Waals surface area contributed by atoms with Gasteiger partial charge in [0.05, 0.1) is 34.1 Å². The lowest BCUT2D eigenvalue weighted by atomic mass is 9.90. The van der Waals surface area contributed by atoms with Crippen LogP contribution < -0.4 is 19.3 Å². The molecule has 292 valence electrons. The van der Waals surface area contributed by atoms with Crippen LogP contribution in [0, 0.1) is 0 Å². The second kappa shape index (κ2) is 16.8. The van der Waals surface area contributed by atoms with E-state index in [1.807, 2.05) is 91.0 Å². The second-order valence-electron chi connectivity index (χ2n) is 14.6. The Bertz CT molecular complexity index is 2400. The molecule has 2 aliphatic heterocycles. The van der Waals surface area contributed by atoms with E-state index in [0.717, 1.165) is 77.8 Å². The van der Waals surface area contributed by atoms with Gasteiger partial charge in [-0.3, -0.25) is 14.9 Å². The fraction of sp³-hybridized carbons (Fsp3) is 0.277. The molecule has 1 unspecified atom stereocenters. The van der Waals surface area contributed by atoms with E-state index in [0.29, 0.717) is 53.0 Å². The van der Waals surface area contributed by atoms with Crippen LogP contribution in [0.5, 0.6) is 23.0 Å². The highest BCUT2D eigenvalue weighted by molar-refractivity contribution is 7.67. The summed E-state index contributed by atoms with van der Waals surface area (Å²) in [5, 5.41) is 0. The zero-order valence-electron chi connectivity index (χ0n) is 32.7. The summed E-state index contributed by atoms with van der Waals surface area (Å²) >= 11 is 0. The van der Waals surface area contributed by atoms with E-state index in [2.05, 4.69) is 48.8 Å². The summed E-state index contributed by atoms with van der Waals surface area (Å²) < 4.78 is 47.2. The molecule has 0 bridgehead atoms. The van der Waals surface area contributed by atoms with Gasteiger partial charge in [0.2, 0.25) is 5.72 Å². The van der Waals surface area contributed by atoms with E-state index in [4.69, 9.17) is 23.6 Å². The normalized spacial score (nSPS) is 13.8. The molecular formula is C47H48N4O5S. The van der Waals surface area contributed by atoms with Crippen LogP contribution in [0.4, 0.5) is 22.7 Å². The number of rotatable bonds is 15. The molecule has 0 fully saturated rings. The number of hydrogen-bond acceptors (Lipinski definition) is 9. The molecule has 4 heterocycles. The number of thiol groups is 1. The monoisotopic (exact) mass is 780 g/mol. The Hall–Kier alpha value is -5.71. The van der Waals surface area contributed by atoms with Crippen molar-refractivity contribution in [2.45, 2.75) is 77.9 Å². The Labute approximate surface area is 337 Å². The fourth-order valence-corrected chi connectivity index (χ4v) is 8.82. The van der Waals surface area contributed by atoms with Crippen molar-refractivity contribution in [1.29, 1.82) is 0 Å². The topological polar surface area (TPSA) is 94.1 Å². The smallest absolute Gasteiger partial charge is 0.259 e. The van der Waals surface area contributed by atoms with Crippen LogP contribution in [-0.2, 0) is 40.2 Å². The van der Waals surface area contributed by atoms with Gasteiger partial charge in [-0.05, 0) is 97.0 Å². The molecule has 0 saturated heterocycles. The van der Waals surface area contributed by atoms with E-state index in [1.54, 1.807) is 12.4 Å². The molecule has 0 spiro atoms. The third-order valence-electron chi connectivity index (χ3n) is 10.7. The first-order chi connectivity index (χ1) is 28.0. The summed E-state index contributed by atoms with van der Waals surface area (Å²) in [6.45, 7) is 6.82. The maximum absolute atomic E-state index is 13.6. The SMILES string of the molecule is CCCCc1cccnc1C(CCN1c2ccccc2Oc2ccccc21)(O[SH](=O)=O)N1c2cc(CCC)cc(CCC)c2Oc2cccc(-c3ccccn3)c21. The number of hydrogen-bond donors (Lipinski definition) is 1. The molecule has 2 aromatic heterocycles. The molecule has 0 aliphatic carbocycles. The van der Waals surface area contributed by atoms with Crippen LogP contribution in [-0.4, -0.2) is 24.9 Å². The van der Waals surface area contributed by atoms with Gasteiger partial charge in [-0.2, -0.15) is 0 Å². The number of pyridine rings is 2. The average molecular weight is 781 g/mol. The van der Waals surface area contributed by atoms with E-state index in [-0.39, 0.29) is 6.42 Å². The predicted molar refractivity (Wildman–Crippen MR) is 227 cm³/mol. The highest BCUT2D eigenvalue weighted by Crippen LogP contribution is 2.58. The molecule has 0 radical (unpaired) electrons. The van der Waals surface area contributed by atoms with Crippen molar-refractivity contribution in [3.05, 3.63) is 144 Å². The third-order valence-corrected chi connectivity index (χ3v) is 11.2. The summed E-state index contributed by atoms with van der Waals surface area (Å²) in [6.07, 6.45) is 9.66. The first kappa shape index (κ1) is 38.2. The average Bonchev–Trinajstić information content (AvgIpc) is 3.23. The van der Waals surface area contributed by atoms with Gasteiger partial charge >= 0.3 is 0 Å². The molecule has 4 aromatic carbocycles. The highest BCUT2D eigenvalue weighted by Gasteiger charge is 2.50. The Morgan fingerprint density at radius 2 is 1.39 bits per heavy atom. The standard InChI is InChI=1S/C47H48N4O5S/c1-4-7-18-34-19-15-29-49-46(34)47(56-57(52)53,27-30-50-38-22-8-10-24-41(38)54-42-25-11-9-23-39(42)50)51-40-32-33(16-5-2)31-35(17-6-3)45(40)55-43-26-14-20-36(44(43)51)37-21-12-13-28-48-37/h8-15,19-26,28-29,31-32,57H,4-7,16-18,27,30H2,1-3H3. The number of anilines is 4. The number of fused-ring (bicyclic) bond motifs is 4. The van der Waals surface area contributed by atoms with Crippen LogP contribution in [0.2, 0.25) is 0 Å². The number of aryl methyl sites for hydroxylation is 3. The van der Waals surface area contributed by atoms with Gasteiger partial charge < -0.3 is 14.4 Å².